The lowest BCUT2D eigenvalue weighted by Crippen LogP contribution is -2.22. The van der Waals surface area contributed by atoms with Gasteiger partial charge in [-0.1, -0.05) is 30.9 Å². The number of pyridine rings is 1. The Morgan fingerprint density at radius 3 is 2.63 bits per heavy atom. The average molecular weight is 267 g/mol. The molecule has 2 aromatic heterocycles. The number of aromatic nitrogens is 3. The Kier molecular flexibility index (Phi) is 2.75. The number of aromatic amines is 1. The van der Waals surface area contributed by atoms with Crippen LogP contribution in [0, 0.1) is 6.92 Å². The predicted molar refractivity (Wildman–Crippen MR) is 81.2 cm³/mol. The molecule has 0 saturated carbocycles. The van der Waals surface area contributed by atoms with Crippen LogP contribution >= 0.6 is 0 Å². The van der Waals surface area contributed by atoms with E-state index in [0.717, 1.165) is 17.1 Å². The Hall–Kier alpha value is -1.94. The highest BCUT2D eigenvalue weighted by Gasteiger charge is 2.26. The summed E-state index contributed by atoms with van der Waals surface area (Å²) in [5.41, 5.74) is 6.53. The Balaban J connectivity index is 2.02. The summed E-state index contributed by atoms with van der Waals surface area (Å²) in [6, 6.07) is 6.26. The molecule has 0 aliphatic carbocycles. The zero-order valence-corrected chi connectivity index (χ0v) is 12.4. The molecule has 2 aromatic rings. The molecule has 0 amide bonds. The fraction of sp³-hybridized carbons (Fsp3) is 0.200. The molecule has 0 bridgehead atoms. The first kappa shape index (κ1) is 12.1. The van der Waals surface area contributed by atoms with Crippen molar-refractivity contribution in [3.63, 3.8) is 0 Å². The van der Waals surface area contributed by atoms with Gasteiger partial charge in [0.1, 0.15) is 13.8 Å². The number of hydrogen-bond donors (Lipinski definition) is 1. The Labute approximate surface area is 114 Å². The van der Waals surface area contributed by atoms with E-state index in [2.05, 4.69) is 58.3 Å². The second-order valence-electron chi connectivity index (χ2n) is 5.53. The van der Waals surface area contributed by atoms with E-state index in [1.165, 1.54) is 10.8 Å². The molecule has 3 nitrogen and oxygen atoms in total. The van der Waals surface area contributed by atoms with Crippen molar-refractivity contribution in [2.45, 2.75) is 20.0 Å². The highest BCUT2D eigenvalue weighted by molar-refractivity contribution is 6.99. The number of nitrogens with one attached hydrogen (secondary N) is 1. The van der Waals surface area contributed by atoms with Crippen LogP contribution < -0.4 is 0 Å². The van der Waals surface area contributed by atoms with Crippen molar-refractivity contribution in [1.29, 1.82) is 0 Å². The number of hydrogen-bond acceptors (Lipinski definition) is 2. The Bertz CT molecular complexity index is 680. The summed E-state index contributed by atoms with van der Waals surface area (Å²) >= 11 is 0. The third-order valence-electron chi connectivity index (χ3n) is 3.51. The molecular weight excluding hydrogens is 250 g/mol. The fourth-order valence-corrected chi connectivity index (χ4v) is 4.63. The smallest absolute Gasteiger partial charge is 0.111 e. The lowest BCUT2D eigenvalue weighted by molar-refractivity contribution is 1.04. The van der Waals surface area contributed by atoms with Crippen LogP contribution in [0.3, 0.4) is 0 Å². The number of nitrogens with zero attached hydrogens (tertiary/aromatic N) is 2. The number of H-pyrrole nitrogens is 1. The van der Waals surface area contributed by atoms with Crippen molar-refractivity contribution in [3.05, 3.63) is 53.5 Å². The quantitative estimate of drug-likeness (QED) is 0.846. The van der Waals surface area contributed by atoms with E-state index in [0.29, 0.717) is 0 Å². The minimum atomic E-state index is -1.40. The number of rotatable bonds is 2. The van der Waals surface area contributed by atoms with Crippen LogP contribution in [0.15, 0.2) is 42.2 Å². The molecule has 96 valence electrons. The third-order valence-corrected chi connectivity index (χ3v) is 6.38. The maximum Gasteiger partial charge on any atom is 0.111 e. The minimum Gasteiger partial charge on any atom is -0.282 e. The van der Waals surface area contributed by atoms with Crippen LogP contribution in [-0.4, -0.2) is 23.3 Å². The summed E-state index contributed by atoms with van der Waals surface area (Å²) in [7, 11) is -1.40. The molecular formula is C15H17N3Si. The molecule has 0 aromatic carbocycles. The molecule has 1 aliphatic rings. The summed E-state index contributed by atoms with van der Waals surface area (Å²) in [5.74, 6) is 0. The zero-order chi connectivity index (χ0) is 13.5. The Morgan fingerprint density at radius 2 is 2.00 bits per heavy atom. The maximum atomic E-state index is 4.43. The van der Waals surface area contributed by atoms with Gasteiger partial charge in [0.15, 0.2) is 0 Å². The zero-order valence-electron chi connectivity index (χ0n) is 11.4. The predicted octanol–water partition coefficient (Wildman–Crippen LogP) is 3.52. The van der Waals surface area contributed by atoms with Crippen molar-refractivity contribution in [1.82, 2.24) is 15.2 Å². The second-order valence-corrected chi connectivity index (χ2v) is 9.84. The molecule has 3 heterocycles. The van der Waals surface area contributed by atoms with Crippen molar-refractivity contribution < 1.29 is 0 Å². The van der Waals surface area contributed by atoms with Gasteiger partial charge in [-0.05, 0) is 35.9 Å². The van der Waals surface area contributed by atoms with Crippen LogP contribution in [0.25, 0.3) is 16.6 Å². The topological polar surface area (TPSA) is 41.6 Å². The highest BCUT2D eigenvalue weighted by atomic mass is 28.3. The summed E-state index contributed by atoms with van der Waals surface area (Å²) in [6.07, 6.45) is 6.29. The monoisotopic (exact) mass is 267 g/mol. The van der Waals surface area contributed by atoms with Gasteiger partial charge in [0, 0.05) is 11.9 Å². The molecule has 0 radical (unpaired) electrons. The van der Waals surface area contributed by atoms with Gasteiger partial charge in [0.25, 0.3) is 0 Å². The molecule has 1 aliphatic heterocycles. The number of allylic oxidation sites excluding steroid dienone is 2. The third kappa shape index (κ3) is 2.19. The van der Waals surface area contributed by atoms with Gasteiger partial charge in [-0.25, -0.2) is 0 Å². The van der Waals surface area contributed by atoms with Crippen LogP contribution in [0.1, 0.15) is 11.3 Å². The lowest BCUT2D eigenvalue weighted by Gasteiger charge is -2.18. The fourth-order valence-electron chi connectivity index (χ4n) is 2.45. The maximum absolute atomic E-state index is 4.43. The Morgan fingerprint density at radius 1 is 1.16 bits per heavy atom. The lowest BCUT2D eigenvalue weighted by atomic mass is 10.1. The molecule has 4 heteroatoms. The SMILES string of the molecule is Cc1cc(-c2cc(C3=CC=C[Si]3(C)C)ccn2)n[nH]1. The van der Waals surface area contributed by atoms with Crippen molar-refractivity contribution >= 4 is 13.3 Å². The normalized spacial score (nSPS) is 16.7. The standard InChI is InChI=1S/C15H17N3Si/c1-11-9-14(18-17-11)13-10-12(6-7-16-13)15-5-4-8-19(15,2)3/h4-10H,1-3H3,(H,17,18). The van der Waals surface area contributed by atoms with Gasteiger partial charge in [-0.15, -0.1) is 0 Å². The van der Waals surface area contributed by atoms with E-state index in [-0.39, 0.29) is 0 Å². The molecule has 0 atom stereocenters. The molecule has 0 unspecified atom stereocenters. The summed E-state index contributed by atoms with van der Waals surface area (Å²) in [4.78, 5) is 4.43. The van der Waals surface area contributed by atoms with E-state index in [9.17, 15) is 0 Å². The van der Waals surface area contributed by atoms with Gasteiger partial charge >= 0.3 is 0 Å². The molecule has 0 saturated heterocycles. The highest BCUT2D eigenvalue weighted by Crippen LogP contribution is 2.32. The van der Waals surface area contributed by atoms with Gasteiger partial charge < -0.3 is 0 Å². The van der Waals surface area contributed by atoms with Crippen LogP contribution in [0.4, 0.5) is 0 Å². The molecule has 19 heavy (non-hydrogen) atoms. The van der Waals surface area contributed by atoms with Gasteiger partial charge in [-0.3, -0.25) is 10.1 Å². The summed E-state index contributed by atoms with van der Waals surface area (Å²) in [6.45, 7) is 6.72. The van der Waals surface area contributed by atoms with E-state index < -0.39 is 8.07 Å². The summed E-state index contributed by atoms with van der Waals surface area (Å²) in [5, 5.41) is 8.70. The van der Waals surface area contributed by atoms with Gasteiger partial charge in [0.05, 0.1) is 5.69 Å². The van der Waals surface area contributed by atoms with Crippen LogP contribution in [0.2, 0.25) is 13.1 Å². The first-order valence-corrected chi connectivity index (χ1v) is 9.53. The van der Waals surface area contributed by atoms with E-state index >= 15 is 0 Å². The molecule has 0 spiro atoms. The number of aryl methyl sites for hydroxylation is 1. The van der Waals surface area contributed by atoms with Crippen LogP contribution in [-0.2, 0) is 0 Å². The summed E-state index contributed by atoms with van der Waals surface area (Å²) < 4.78 is 0. The van der Waals surface area contributed by atoms with Gasteiger partial charge in [0.2, 0.25) is 0 Å². The van der Waals surface area contributed by atoms with E-state index in [1.807, 2.05) is 19.2 Å². The van der Waals surface area contributed by atoms with Crippen molar-refractivity contribution in [3.8, 4) is 11.4 Å². The second kappa shape index (κ2) is 4.31. The largest absolute Gasteiger partial charge is 0.282 e. The minimum absolute atomic E-state index is 0.908. The molecule has 0 fully saturated rings. The van der Waals surface area contributed by atoms with Gasteiger partial charge in [-0.2, -0.15) is 5.10 Å². The van der Waals surface area contributed by atoms with E-state index in [4.69, 9.17) is 0 Å². The molecule has 3 rings (SSSR count). The molecule has 1 N–H and O–H groups in total. The van der Waals surface area contributed by atoms with Crippen molar-refractivity contribution in [2.24, 2.45) is 0 Å². The van der Waals surface area contributed by atoms with Crippen molar-refractivity contribution in [2.75, 3.05) is 0 Å². The van der Waals surface area contributed by atoms with E-state index in [1.54, 1.807) is 0 Å². The average Bonchev–Trinajstić information content (AvgIpc) is 2.95. The first-order valence-electron chi connectivity index (χ1n) is 6.45. The first-order chi connectivity index (χ1) is 9.06. The van der Waals surface area contributed by atoms with Crippen LogP contribution in [0.5, 0.6) is 0 Å².